The van der Waals surface area contributed by atoms with Gasteiger partial charge in [-0.3, -0.25) is 4.98 Å². The van der Waals surface area contributed by atoms with Gasteiger partial charge in [0.2, 0.25) is 5.69 Å². The van der Waals surface area contributed by atoms with Crippen LogP contribution < -0.4 is 10.2 Å². The van der Waals surface area contributed by atoms with Gasteiger partial charge in [-0.15, -0.1) is 4.68 Å². The van der Waals surface area contributed by atoms with E-state index in [0.29, 0.717) is 29.9 Å². The number of pyridine rings is 1. The molecule has 2 aromatic heterocycles. The van der Waals surface area contributed by atoms with Gasteiger partial charge in [-0.2, -0.15) is 0 Å². The Bertz CT molecular complexity index is 882. The van der Waals surface area contributed by atoms with Crippen molar-refractivity contribution in [1.29, 1.82) is 0 Å². The molecule has 1 aliphatic heterocycles. The summed E-state index contributed by atoms with van der Waals surface area (Å²) >= 11 is 0. The molecule has 0 saturated carbocycles. The van der Waals surface area contributed by atoms with Gasteiger partial charge in [-0.25, -0.2) is 9.18 Å². The van der Waals surface area contributed by atoms with Crippen molar-refractivity contribution in [1.82, 2.24) is 14.9 Å². The number of aromatic nitrogens is 4. The number of nitrogens with zero attached hydrogens (tertiary/aromatic N) is 3. The van der Waals surface area contributed by atoms with Crippen LogP contribution in [-0.2, 0) is 12.8 Å². The zero-order valence-corrected chi connectivity index (χ0v) is 11.1. The monoisotopic (exact) mass is 283 g/mol. The highest BCUT2D eigenvalue weighted by Gasteiger charge is 2.31. The third-order valence-electron chi connectivity index (χ3n) is 3.75. The molecule has 0 radical (unpaired) electrons. The molecule has 0 atom stereocenters. The van der Waals surface area contributed by atoms with Crippen molar-refractivity contribution >= 4 is 0 Å². The van der Waals surface area contributed by atoms with Crippen molar-refractivity contribution < 1.29 is 9.07 Å². The van der Waals surface area contributed by atoms with E-state index in [2.05, 4.69) is 10.2 Å². The molecule has 104 valence electrons. The summed E-state index contributed by atoms with van der Waals surface area (Å²) in [5.74, 6) is -0.335. The number of aryl methyl sites for hydroxylation is 1. The van der Waals surface area contributed by atoms with E-state index < -0.39 is 0 Å². The van der Waals surface area contributed by atoms with Crippen molar-refractivity contribution in [3.63, 3.8) is 0 Å². The average Bonchev–Trinajstić information content (AvgIpc) is 2.85. The van der Waals surface area contributed by atoms with E-state index in [1.807, 2.05) is 6.07 Å². The summed E-state index contributed by atoms with van der Waals surface area (Å²) in [6.07, 6.45) is 4.47. The Morgan fingerprint density at radius 2 is 2.14 bits per heavy atom. The van der Waals surface area contributed by atoms with E-state index in [1.165, 1.54) is 10.7 Å². The lowest BCUT2D eigenvalue weighted by Gasteiger charge is -2.11. The molecule has 4 rings (SSSR count). The van der Waals surface area contributed by atoms with Crippen LogP contribution in [-0.4, -0.2) is 14.9 Å². The van der Waals surface area contributed by atoms with Crippen LogP contribution in [0.5, 0.6) is 0 Å². The molecule has 0 spiro atoms. The fourth-order valence-corrected chi connectivity index (χ4v) is 2.76. The van der Waals surface area contributed by atoms with Crippen LogP contribution in [0.15, 0.2) is 47.5 Å². The first-order valence-corrected chi connectivity index (χ1v) is 6.70. The predicted octanol–water partition coefficient (Wildman–Crippen LogP) is 1.07. The highest BCUT2D eigenvalue weighted by atomic mass is 19.1. The van der Waals surface area contributed by atoms with Crippen molar-refractivity contribution in [3.05, 3.63) is 70.2 Å². The lowest BCUT2D eigenvalue weighted by molar-refractivity contribution is -0.672. The van der Waals surface area contributed by atoms with E-state index in [9.17, 15) is 9.18 Å². The van der Waals surface area contributed by atoms with Gasteiger partial charge >= 0.3 is 5.56 Å². The number of rotatable bonds is 1. The lowest BCUT2D eigenvalue weighted by Crippen LogP contribution is -2.43. The molecule has 0 fully saturated rings. The van der Waals surface area contributed by atoms with E-state index in [0.717, 1.165) is 5.56 Å². The van der Waals surface area contributed by atoms with Crippen LogP contribution in [0, 0.1) is 5.82 Å². The second-order valence-corrected chi connectivity index (χ2v) is 4.98. The summed E-state index contributed by atoms with van der Waals surface area (Å²) in [6.45, 7) is 0. The molecule has 21 heavy (non-hydrogen) atoms. The molecule has 1 aromatic carbocycles. The first-order valence-electron chi connectivity index (χ1n) is 6.70. The van der Waals surface area contributed by atoms with Crippen molar-refractivity contribution in [2.24, 2.45) is 0 Å². The maximum absolute atomic E-state index is 14.1. The number of aromatic amines is 1. The summed E-state index contributed by atoms with van der Waals surface area (Å²) in [7, 11) is 0. The fourth-order valence-electron chi connectivity index (χ4n) is 2.76. The lowest BCUT2D eigenvalue weighted by atomic mass is 10.0. The minimum Gasteiger partial charge on any atom is -0.260 e. The normalized spacial score (nSPS) is 12.8. The second-order valence-electron chi connectivity index (χ2n) is 4.98. The highest BCUT2D eigenvalue weighted by Crippen LogP contribution is 2.19. The number of hydrogen-bond acceptors (Lipinski definition) is 2. The van der Waals surface area contributed by atoms with Crippen molar-refractivity contribution in [2.75, 3.05) is 0 Å². The van der Waals surface area contributed by atoms with Crippen LogP contribution in [0.25, 0.3) is 11.4 Å². The van der Waals surface area contributed by atoms with Gasteiger partial charge in [0.15, 0.2) is 17.2 Å². The Balaban J connectivity index is 1.99. The summed E-state index contributed by atoms with van der Waals surface area (Å²) < 4.78 is 17.1. The largest absolute Gasteiger partial charge is 0.402 e. The molecule has 3 aromatic rings. The second kappa shape index (κ2) is 4.37. The zero-order valence-electron chi connectivity index (χ0n) is 11.1. The predicted molar refractivity (Wildman–Crippen MR) is 73.1 cm³/mol. The fraction of sp³-hybridized carbons (Fsp3) is 0.133. The number of halogens is 1. The maximum atomic E-state index is 14.1. The summed E-state index contributed by atoms with van der Waals surface area (Å²) in [6, 6.07) is 8.50. The number of benzene rings is 1. The smallest absolute Gasteiger partial charge is 0.260 e. The van der Waals surface area contributed by atoms with E-state index in [-0.39, 0.29) is 11.4 Å². The molecule has 0 aliphatic carbocycles. The third kappa shape index (κ3) is 1.72. The number of hydrogen-bond donors (Lipinski definition) is 1. The van der Waals surface area contributed by atoms with Crippen LogP contribution >= 0.6 is 0 Å². The van der Waals surface area contributed by atoms with E-state index >= 15 is 0 Å². The first-order chi connectivity index (χ1) is 10.3. The van der Waals surface area contributed by atoms with Crippen molar-refractivity contribution in [3.8, 4) is 11.4 Å². The maximum Gasteiger partial charge on any atom is 0.402 e. The minimum atomic E-state index is -0.335. The number of H-pyrrole nitrogens is 1. The molecule has 1 aliphatic rings. The number of fused-ring (bicyclic) bond motifs is 3. The van der Waals surface area contributed by atoms with E-state index in [4.69, 9.17) is 0 Å². The molecule has 0 saturated heterocycles. The molecule has 6 heteroatoms. The average molecular weight is 283 g/mol. The molecular weight excluding hydrogens is 271 g/mol. The molecule has 0 amide bonds. The van der Waals surface area contributed by atoms with Gasteiger partial charge in [-0.05, 0) is 24.6 Å². The van der Waals surface area contributed by atoms with Gasteiger partial charge in [0.05, 0.1) is 6.20 Å². The summed E-state index contributed by atoms with van der Waals surface area (Å²) in [5.41, 5.74) is 2.33. The summed E-state index contributed by atoms with van der Waals surface area (Å²) in [5, 5.41) is 2.96. The van der Waals surface area contributed by atoms with Gasteiger partial charge in [0.1, 0.15) is 0 Å². The Morgan fingerprint density at radius 1 is 1.24 bits per heavy atom. The Hall–Kier alpha value is -2.76. The molecule has 3 heterocycles. The van der Waals surface area contributed by atoms with E-state index in [1.54, 1.807) is 35.3 Å². The Morgan fingerprint density at radius 3 is 2.95 bits per heavy atom. The Labute approximate surface area is 119 Å². The molecule has 1 N–H and O–H groups in total. The SMILES string of the molecule is O=c1c2[n+]([nH]n1-c1cccnc1)-c1c(F)cccc1CC2. The first kappa shape index (κ1) is 12.0. The van der Waals surface area contributed by atoms with Gasteiger partial charge in [-0.1, -0.05) is 22.0 Å². The molecule has 5 nitrogen and oxygen atoms in total. The highest BCUT2D eigenvalue weighted by molar-refractivity contribution is 5.37. The minimum absolute atomic E-state index is 0.170. The number of para-hydroxylation sites is 1. The molecular formula is C15H12FN4O+. The quantitative estimate of drug-likeness (QED) is 0.679. The van der Waals surface area contributed by atoms with Crippen LogP contribution in [0.1, 0.15) is 11.3 Å². The third-order valence-corrected chi connectivity index (χ3v) is 3.75. The van der Waals surface area contributed by atoms with Gasteiger partial charge in [0.25, 0.3) is 0 Å². The van der Waals surface area contributed by atoms with Gasteiger partial charge < -0.3 is 0 Å². The number of nitrogens with one attached hydrogen (secondary N) is 1. The summed E-state index contributed by atoms with van der Waals surface area (Å²) in [4.78, 5) is 16.5. The van der Waals surface area contributed by atoms with Crippen molar-refractivity contribution in [2.45, 2.75) is 12.8 Å². The standard InChI is InChI=1S/C15H11FN4O/c16-12-5-1-3-10-6-7-13-15(21)19(18-20(13)14(10)12)11-4-2-8-17-9-11/h1-5,8-9H,6-7H2/p+1. The molecule has 0 unspecified atom stereocenters. The van der Waals surface area contributed by atoms with Crippen LogP contribution in [0.2, 0.25) is 0 Å². The zero-order chi connectivity index (χ0) is 14.4. The van der Waals surface area contributed by atoms with Gasteiger partial charge in [0, 0.05) is 18.2 Å². The van der Waals surface area contributed by atoms with Crippen LogP contribution in [0.3, 0.4) is 0 Å². The molecule has 0 bridgehead atoms. The van der Waals surface area contributed by atoms with Crippen LogP contribution in [0.4, 0.5) is 4.39 Å². The topological polar surface area (TPSA) is 54.6 Å². The Kier molecular flexibility index (Phi) is 2.50.